The standard InChI is InChI=1S/C15H15Cl3N2O2/c16-15(17,18)14(19-10-12-7-4-8-22-12)20-13(21)9-11-5-2-1-3-6-11/h1-8,14,19H,9-10H2,(H,20,21)/t14-/m0/s1. The molecule has 0 bridgehead atoms. The van der Waals surface area contributed by atoms with Gasteiger partial charge >= 0.3 is 0 Å². The summed E-state index contributed by atoms with van der Waals surface area (Å²) in [6.45, 7) is 0.331. The summed E-state index contributed by atoms with van der Waals surface area (Å²) in [7, 11) is 0. The zero-order valence-electron chi connectivity index (χ0n) is 11.6. The molecule has 0 aliphatic carbocycles. The van der Waals surface area contributed by atoms with Gasteiger partial charge in [0, 0.05) is 0 Å². The third-order valence-electron chi connectivity index (χ3n) is 2.90. The Labute approximate surface area is 143 Å². The van der Waals surface area contributed by atoms with Gasteiger partial charge in [0.2, 0.25) is 9.70 Å². The fourth-order valence-electron chi connectivity index (χ4n) is 1.86. The van der Waals surface area contributed by atoms with E-state index in [0.717, 1.165) is 5.56 Å². The lowest BCUT2D eigenvalue weighted by Gasteiger charge is -2.26. The van der Waals surface area contributed by atoms with Crippen LogP contribution in [0.1, 0.15) is 11.3 Å². The predicted octanol–water partition coefficient (Wildman–Crippen LogP) is 3.42. The molecule has 1 heterocycles. The Morgan fingerprint density at radius 3 is 2.45 bits per heavy atom. The smallest absolute Gasteiger partial charge is 0.225 e. The topological polar surface area (TPSA) is 54.3 Å². The van der Waals surface area contributed by atoms with Crippen molar-refractivity contribution in [3.63, 3.8) is 0 Å². The first-order valence-corrected chi connectivity index (χ1v) is 7.74. The second-order valence-corrected chi connectivity index (χ2v) is 7.03. The van der Waals surface area contributed by atoms with Gasteiger partial charge in [-0.25, -0.2) is 0 Å². The molecule has 0 spiro atoms. The summed E-state index contributed by atoms with van der Waals surface area (Å²) in [6.07, 6.45) is 0.925. The molecule has 0 aliphatic heterocycles. The maximum Gasteiger partial charge on any atom is 0.225 e. The van der Waals surface area contributed by atoms with Gasteiger partial charge in [-0.15, -0.1) is 0 Å². The van der Waals surface area contributed by atoms with E-state index in [1.54, 1.807) is 18.4 Å². The molecular formula is C15H15Cl3N2O2. The van der Waals surface area contributed by atoms with Crippen LogP contribution in [0.3, 0.4) is 0 Å². The van der Waals surface area contributed by atoms with Crippen LogP contribution in [0.4, 0.5) is 0 Å². The number of benzene rings is 1. The first kappa shape index (κ1) is 17.2. The first-order valence-electron chi connectivity index (χ1n) is 6.61. The van der Waals surface area contributed by atoms with Crippen LogP contribution < -0.4 is 10.6 Å². The minimum absolute atomic E-state index is 0.209. The lowest BCUT2D eigenvalue weighted by Crippen LogP contribution is -2.53. The lowest BCUT2D eigenvalue weighted by atomic mass is 10.1. The molecule has 0 fully saturated rings. The molecular weight excluding hydrogens is 347 g/mol. The molecule has 0 radical (unpaired) electrons. The predicted molar refractivity (Wildman–Crippen MR) is 87.9 cm³/mol. The summed E-state index contributed by atoms with van der Waals surface area (Å²) >= 11 is 17.7. The van der Waals surface area contributed by atoms with Gasteiger partial charge in [0.05, 0.1) is 19.2 Å². The molecule has 0 unspecified atom stereocenters. The highest BCUT2D eigenvalue weighted by Gasteiger charge is 2.33. The number of halogens is 3. The molecule has 2 rings (SSSR count). The number of nitrogens with one attached hydrogen (secondary N) is 2. The Kier molecular flexibility index (Phi) is 6.15. The summed E-state index contributed by atoms with van der Waals surface area (Å²) in [4.78, 5) is 12.1. The number of hydrogen-bond donors (Lipinski definition) is 2. The number of carbonyl (C=O) groups excluding carboxylic acids is 1. The van der Waals surface area contributed by atoms with Crippen LogP contribution in [0.15, 0.2) is 53.1 Å². The van der Waals surface area contributed by atoms with Crippen molar-refractivity contribution in [3.05, 3.63) is 60.1 Å². The zero-order valence-corrected chi connectivity index (χ0v) is 13.8. The monoisotopic (exact) mass is 360 g/mol. The summed E-state index contributed by atoms with van der Waals surface area (Å²) < 4.78 is 3.51. The van der Waals surface area contributed by atoms with Gasteiger partial charge in [0.1, 0.15) is 11.9 Å². The number of carbonyl (C=O) groups is 1. The summed E-state index contributed by atoms with van der Waals surface area (Å²) in [5.41, 5.74) is 0.883. The highest BCUT2D eigenvalue weighted by molar-refractivity contribution is 6.68. The number of amides is 1. The van der Waals surface area contributed by atoms with Crippen molar-refractivity contribution in [2.24, 2.45) is 0 Å². The van der Waals surface area contributed by atoms with Crippen LogP contribution >= 0.6 is 34.8 Å². The average molecular weight is 362 g/mol. The van der Waals surface area contributed by atoms with Crippen LogP contribution in [0.25, 0.3) is 0 Å². The number of furan rings is 1. The van der Waals surface area contributed by atoms with Crippen LogP contribution in [0.5, 0.6) is 0 Å². The highest BCUT2D eigenvalue weighted by atomic mass is 35.6. The Morgan fingerprint density at radius 2 is 1.86 bits per heavy atom. The van der Waals surface area contributed by atoms with E-state index in [9.17, 15) is 4.79 Å². The van der Waals surface area contributed by atoms with E-state index in [0.29, 0.717) is 12.3 Å². The Balaban J connectivity index is 1.93. The average Bonchev–Trinajstić information content (AvgIpc) is 2.96. The highest BCUT2D eigenvalue weighted by Crippen LogP contribution is 2.29. The van der Waals surface area contributed by atoms with Crippen molar-refractivity contribution in [2.75, 3.05) is 0 Å². The Bertz CT molecular complexity index is 583. The van der Waals surface area contributed by atoms with Crippen LogP contribution in [-0.2, 0) is 17.8 Å². The normalized spacial score (nSPS) is 12.9. The molecule has 1 aromatic carbocycles. The third kappa shape index (κ3) is 5.54. The molecule has 4 nitrogen and oxygen atoms in total. The van der Waals surface area contributed by atoms with Crippen molar-refractivity contribution >= 4 is 40.7 Å². The van der Waals surface area contributed by atoms with E-state index in [1.165, 1.54) is 0 Å². The maximum absolute atomic E-state index is 12.1. The molecule has 0 aliphatic rings. The fourth-order valence-corrected chi connectivity index (χ4v) is 2.25. The molecule has 0 saturated heterocycles. The maximum atomic E-state index is 12.1. The molecule has 118 valence electrons. The molecule has 1 amide bonds. The largest absolute Gasteiger partial charge is 0.468 e. The van der Waals surface area contributed by atoms with E-state index in [-0.39, 0.29) is 12.3 Å². The van der Waals surface area contributed by atoms with Crippen molar-refractivity contribution in [2.45, 2.75) is 22.9 Å². The van der Waals surface area contributed by atoms with Gasteiger partial charge in [-0.05, 0) is 17.7 Å². The molecule has 2 N–H and O–H groups in total. The summed E-state index contributed by atoms with van der Waals surface area (Å²) in [5, 5.41) is 5.64. The van der Waals surface area contributed by atoms with Gasteiger partial charge in [-0.1, -0.05) is 65.1 Å². The fraction of sp³-hybridized carbons (Fsp3) is 0.267. The second-order valence-electron chi connectivity index (χ2n) is 4.66. The molecule has 0 saturated carbocycles. The van der Waals surface area contributed by atoms with E-state index in [2.05, 4.69) is 10.6 Å². The van der Waals surface area contributed by atoms with Gasteiger partial charge in [0.25, 0.3) is 0 Å². The van der Waals surface area contributed by atoms with Crippen molar-refractivity contribution in [3.8, 4) is 0 Å². The Morgan fingerprint density at radius 1 is 1.14 bits per heavy atom. The second kappa shape index (κ2) is 7.88. The number of alkyl halides is 3. The Hall–Kier alpha value is -1.20. The van der Waals surface area contributed by atoms with Gasteiger partial charge < -0.3 is 9.73 Å². The summed E-state index contributed by atoms with van der Waals surface area (Å²) in [5.74, 6) is 0.436. The molecule has 2 aromatic rings. The summed E-state index contributed by atoms with van der Waals surface area (Å²) in [6, 6.07) is 12.9. The van der Waals surface area contributed by atoms with E-state index >= 15 is 0 Å². The van der Waals surface area contributed by atoms with Crippen molar-refractivity contribution in [1.29, 1.82) is 0 Å². The minimum atomic E-state index is -1.68. The SMILES string of the molecule is O=C(Cc1ccccc1)N[C@H](NCc1ccco1)C(Cl)(Cl)Cl. The lowest BCUT2D eigenvalue weighted by molar-refractivity contribution is -0.121. The molecule has 7 heteroatoms. The van der Waals surface area contributed by atoms with E-state index in [1.807, 2.05) is 30.3 Å². The van der Waals surface area contributed by atoms with Crippen molar-refractivity contribution < 1.29 is 9.21 Å². The molecule has 1 aromatic heterocycles. The first-order chi connectivity index (χ1) is 10.4. The van der Waals surface area contributed by atoms with E-state index < -0.39 is 9.96 Å². The number of rotatable bonds is 6. The quantitative estimate of drug-likeness (QED) is 0.612. The van der Waals surface area contributed by atoms with E-state index in [4.69, 9.17) is 39.2 Å². The van der Waals surface area contributed by atoms with Crippen molar-refractivity contribution in [1.82, 2.24) is 10.6 Å². The molecule has 22 heavy (non-hydrogen) atoms. The third-order valence-corrected chi connectivity index (χ3v) is 3.56. The molecule has 1 atom stereocenters. The van der Waals surface area contributed by atoms with Gasteiger partial charge in [-0.2, -0.15) is 0 Å². The van der Waals surface area contributed by atoms with Gasteiger partial charge in [0.15, 0.2) is 0 Å². The van der Waals surface area contributed by atoms with Crippen LogP contribution in [-0.4, -0.2) is 15.9 Å². The van der Waals surface area contributed by atoms with Crippen LogP contribution in [0.2, 0.25) is 0 Å². The minimum Gasteiger partial charge on any atom is -0.468 e. The van der Waals surface area contributed by atoms with Gasteiger partial charge in [-0.3, -0.25) is 10.1 Å². The van der Waals surface area contributed by atoms with Crippen LogP contribution in [0, 0.1) is 0 Å². The zero-order chi connectivity index (χ0) is 16.0. The number of hydrogen-bond acceptors (Lipinski definition) is 3.